The molecule has 1 saturated heterocycles. The first-order valence-electron chi connectivity index (χ1n) is 6.36. The Morgan fingerprint density at radius 1 is 1.37 bits per heavy atom. The zero-order valence-corrected chi connectivity index (χ0v) is 11.0. The molecule has 19 heavy (non-hydrogen) atoms. The van der Waals surface area contributed by atoms with Crippen LogP contribution in [0.15, 0.2) is 12.1 Å². The Balaban J connectivity index is 2.42. The number of aromatic nitrogens is 1. The molecule has 1 aromatic heterocycles. The molecule has 2 unspecified atom stereocenters. The number of nitrogens with zero attached hydrogens (tertiary/aromatic N) is 2. The molecule has 1 aliphatic rings. The molecule has 2 N–H and O–H groups in total. The monoisotopic (exact) mass is 273 g/mol. The largest absolute Gasteiger partial charge is 0.433 e. The summed E-state index contributed by atoms with van der Waals surface area (Å²) in [5.74, 6) is 0.839. The molecule has 0 bridgehead atoms. The van der Waals surface area contributed by atoms with E-state index in [1.165, 1.54) is 6.07 Å². The minimum atomic E-state index is -4.42. The minimum absolute atomic E-state index is 0.191. The second-order valence-corrected chi connectivity index (χ2v) is 5.22. The third-order valence-electron chi connectivity index (χ3n) is 3.52. The first-order valence-corrected chi connectivity index (χ1v) is 6.36. The molecule has 6 heteroatoms. The van der Waals surface area contributed by atoms with E-state index in [2.05, 4.69) is 11.9 Å². The number of anilines is 1. The van der Waals surface area contributed by atoms with Crippen molar-refractivity contribution < 1.29 is 13.2 Å². The number of halogens is 3. The van der Waals surface area contributed by atoms with Crippen molar-refractivity contribution in [3.05, 3.63) is 23.4 Å². The smallest absolute Gasteiger partial charge is 0.353 e. The van der Waals surface area contributed by atoms with Crippen molar-refractivity contribution in [3.63, 3.8) is 0 Å². The Morgan fingerprint density at radius 3 is 2.53 bits per heavy atom. The average Bonchev–Trinajstić information content (AvgIpc) is 2.66. The highest BCUT2D eigenvalue weighted by Crippen LogP contribution is 2.34. The highest BCUT2D eigenvalue weighted by molar-refractivity contribution is 5.50. The van der Waals surface area contributed by atoms with Crippen LogP contribution in [-0.4, -0.2) is 17.6 Å². The lowest BCUT2D eigenvalue weighted by Gasteiger charge is -2.25. The quantitative estimate of drug-likeness (QED) is 0.901. The van der Waals surface area contributed by atoms with E-state index >= 15 is 0 Å². The Kier molecular flexibility index (Phi) is 3.71. The zero-order chi connectivity index (χ0) is 14.2. The zero-order valence-electron chi connectivity index (χ0n) is 11.0. The van der Waals surface area contributed by atoms with Gasteiger partial charge in [-0.2, -0.15) is 13.2 Å². The van der Waals surface area contributed by atoms with Gasteiger partial charge in [-0.15, -0.1) is 0 Å². The molecule has 2 rings (SSSR count). The summed E-state index contributed by atoms with van der Waals surface area (Å²) in [5.41, 5.74) is 5.42. The fourth-order valence-electron chi connectivity index (χ4n) is 2.64. The molecule has 0 aliphatic carbocycles. The maximum absolute atomic E-state index is 12.8. The number of nitrogens with two attached hydrogens (primary N) is 1. The van der Waals surface area contributed by atoms with Gasteiger partial charge < -0.3 is 10.6 Å². The van der Waals surface area contributed by atoms with Gasteiger partial charge in [0, 0.05) is 24.7 Å². The Labute approximate surface area is 110 Å². The number of rotatable bonds is 2. The van der Waals surface area contributed by atoms with Crippen molar-refractivity contribution in [2.75, 3.05) is 11.4 Å². The van der Waals surface area contributed by atoms with Crippen LogP contribution >= 0.6 is 0 Å². The van der Waals surface area contributed by atoms with Crippen molar-refractivity contribution in [2.45, 2.75) is 39.0 Å². The van der Waals surface area contributed by atoms with Crippen LogP contribution in [0, 0.1) is 5.92 Å². The van der Waals surface area contributed by atoms with Gasteiger partial charge >= 0.3 is 6.18 Å². The van der Waals surface area contributed by atoms with Gasteiger partial charge in [-0.25, -0.2) is 4.98 Å². The summed E-state index contributed by atoms with van der Waals surface area (Å²) >= 11 is 0. The molecule has 0 amide bonds. The lowest BCUT2D eigenvalue weighted by Crippen LogP contribution is -2.30. The summed E-state index contributed by atoms with van der Waals surface area (Å²) in [4.78, 5) is 5.74. The van der Waals surface area contributed by atoms with Crippen LogP contribution in [0.4, 0.5) is 19.0 Å². The van der Waals surface area contributed by atoms with Crippen LogP contribution in [0.3, 0.4) is 0 Å². The van der Waals surface area contributed by atoms with Crippen molar-refractivity contribution in [1.29, 1.82) is 0 Å². The van der Waals surface area contributed by atoms with Gasteiger partial charge in [-0.3, -0.25) is 0 Å². The molecule has 0 aromatic carbocycles. The van der Waals surface area contributed by atoms with Crippen molar-refractivity contribution in [2.24, 2.45) is 11.7 Å². The second kappa shape index (κ2) is 5.00. The van der Waals surface area contributed by atoms with E-state index < -0.39 is 11.9 Å². The van der Waals surface area contributed by atoms with E-state index in [9.17, 15) is 13.2 Å². The van der Waals surface area contributed by atoms with Crippen LogP contribution in [-0.2, 0) is 12.7 Å². The molecule has 0 saturated carbocycles. The Morgan fingerprint density at radius 2 is 2.05 bits per heavy atom. The molecule has 2 heterocycles. The van der Waals surface area contributed by atoms with Gasteiger partial charge in [-0.05, 0) is 25.3 Å². The van der Waals surface area contributed by atoms with Gasteiger partial charge in [0.15, 0.2) is 0 Å². The SMILES string of the molecule is CC1CC(C)N(c2nc(C(F)(F)F)ccc2CN)C1. The molecule has 0 radical (unpaired) electrons. The summed E-state index contributed by atoms with van der Waals surface area (Å²) in [6.45, 7) is 5.01. The van der Waals surface area contributed by atoms with Gasteiger partial charge in [0.1, 0.15) is 11.5 Å². The van der Waals surface area contributed by atoms with Gasteiger partial charge in [0.05, 0.1) is 0 Å². The van der Waals surface area contributed by atoms with Gasteiger partial charge in [0.2, 0.25) is 0 Å². The van der Waals surface area contributed by atoms with E-state index in [1.807, 2.05) is 11.8 Å². The summed E-state index contributed by atoms with van der Waals surface area (Å²) in [6.07, 6.45) is -3.46. The number of pyridine rings is 1. The Hall–Kier alpha value is -1.30. The van der Waals surface area contributed by atoms with Crippen molar-refractivity contribution in [1.82, 2.24) is 4.98 Å². The van der Waals surface area contributed by atoms with Crippen molar-refractivity contribution >= 4 is 5.82 Å². The predicted octanol–water partition coefficient (Wildman–Crippen LogP) is 2.79. The maximum atomic E-state index is 12.8. The first-order chi connectivity index (χ1) is 8.82. The third kappa shape index (κ3) is 2.83. The normalized spacial score (nSPS) is 24.0. The van der Waals surface area contributed by atoms with Crippen LogP contribution < -0.4 is 10.6 Å². The molecule has 106 valence electrons. The lowest BCUT2D eigenvalue weighted by molar-refractivity contribution is -0.141. The highest BCUT2D eigenvalue weighted by atomic mass is 19.4. The van der Waals surface area contributed by atoms with Crippen LogP contribution in [0.25, 0.3) is 0 Å². The molecule has 1 fully saturated rings. The predicted molar refractivity (Wildman–Crippen MR) is 67.7 cm³/mol. The number of hydrogen-bond acceptors (Lipinski definition) is 3. The highest BCUT2D eigenvalue weighted by Gasteiger charge is 2.35. The van der Waals surface area contributed by atoms with Crippen molar-refractivity contribution in [3.8, 4) is 0 Å². The fraction of sp³-hybridized carbons (Fsp3) is 0.615. The average molecular weight is 273 g/mol. The van der Waals surface area contributed by atoms with E-state index in [1.54, 1.807) is 0 Å². The Bertz CT molecular complexity index is 459. The first kappa shape index (κ1) is 14.1. The fourth-order valence-corrected chi connectivity index (χ4v) is 2.64. The number of alkyl halides is 3. The minimum Gasteiger partial charge on any atom is -0.353 e. The van der Waals surface area contributed by atoms with E-state index in [4.69, 9.17) is 5.73 Å². The van der Waals surface area contributed by atoms with E-state index in [0.29, 0.717) is 17.3 Å². The lowest BCUT2D eigenvalue weighted by atomic mass is 10.1. The maximum Gasteiger partial charge on any atom is 0.433 e. The van der Waals surface area contributed by atoms with Gasteiger partial charge in [0.25, 0.3) is 0 Å². The molecule has 1 aliphatic heterocycles. The molecule has 3 nitrogen and oxygen atoms in total. The van der Waals surface area contributed by atoms with Crippen LogP contribution in [0.2, 0.25) is 0 Å². The van der Waals surface area contributed by atoms with E-state index in [-0.39, 0.29) is 12.6 Å². The summed E-state index contributed by atoms with van der Waals surface area (Å²) in [7, 11) is 0. The third-order valence-corrected chi connectivity index (χ3v) is 3.52. The standard InChI is InChI=1S/C13H18F3N3/c1-8-5-9(2)19(7-8)12-10(6-17)3-4-11(18-12)13(14,15)16/h3-4,8-9H,5-7,17H2,1-2H3. The second-order valence-electron chi connectivity index (χ2n) is 5.22. The van der Waals surface area contributed by atoms with E-state index in [0.717, 1.165) is 19.0 Å². The number of hydrogen-bond donors (Lipinski definition) is 1. The molecule has 0 spiro atoms. The molecular formula is C13H18F3N3. The molecule has 1 aromatic rings. The van der Waals surface area contributed by atoms with Crippen LogP contribution in [0.1, 0.15) is 31.5 Å². The topological polar surface area (TPSA) is 42.2 Å². The summed E-state index contributed by atoms with van der Waals surface area (Å²) in [5, 5.41) is 0. The van der Waals surface area contributed by atoms with Gasteiger partial charge in [-0.1, -0.05) is 13.0 Å². The molecule has 2 atom stereocenters. The summed E-state index contributed by atoms with van der Waals surface area (Å²) in [6, 6.07) is 2.62. The molecular weight excluding hydrogens is 255 g/mol. The van der Waals surface area contributed by atoms with Crippen LogP contribution in [0.5, 0.6) is 0 Å². The summed E-state index contributed by atoms with van der Waals surface area (Å²) < 4.78 is 38.3.